The zero-order chi connectivity index (χ0) is 31.9. The molecule has 0 spiro atoms. The third-order valence-corrected chi connectivity index (χ3v) is 8.87. The minimum Gasteiger partial charge on any atom is -0.245 e. The van der Waals surface area contributed by atoms with E-state index in [9.17, 15) is 0 Å². The summed E-state index contributed by atoms with van der Waals surface area (Å²) in [6.45, 7) is 0. The molecule has 4 heteroatoms. The van der Waals surface area contributed by atoms with Gasteiger partial charge in [-0.2, -0.15) is 0 Å². The second-order valence-electron chi connectivity index (χ2n) is 11.9. The molecule has 48 heavy (non-hydrogen) atoms. The molecule has 0 atom stereocenters. The van der Waals surface area contributed by atoms with Crippen molar-refractivity contribution in [2.75, 3.05) is 0 Å². The molecular formula is C44H28N4. The van der Waals surface area contributed by atoms with Crippen LogP contribution in [0.1, 0.15) is 0 Å². The van der Waals surface area contributed by atoms with E-state index in [0.717, 1.165) is 72.0 Å². The maximum atomic E-state index is 5.19. The third-order valence-electron chi connectivity index (χ3n) is 8.87. The number of rotatable bonds is 5. The maximum absolute atomic E-state index is 5.19. The number of para-hydroxylation sites is 1. The van der Waals surface area contributed by atoms with E-state index in [1.807, 2.05) is 36.4 Å². The first-order chi connectivity index (χ1) is 23.8. The Morgan fingerprint density at radius 2 is 0.833 bits per heavy atom. The molecule has 0 saturated carbocycles. The summed E-state index contributed by atoms with van der Waals surface area (Å²) in [5.74, 6) is 0.679. The zero-order valence-corrected chi connectivity index (χ0v) is 26.0. The van der Waals surface area contributed by atoms with Crippen molar-refractivity contribution in [1.82, 2.24) is 19.9 Å². The van der Waals surface area contributed by atoms with Gasteiger partial charge in [-0.15, -0.1) is 0 Å². The van der Waals surface area contributed by atoms with Crippen molar-refractivity contribution < 1.29 is 0 Å². The van der Waals surface area contributed by atoms with Crippen molar-refractivity contribution in [2.45, 2.75) is 0 Å². The fourth-order valence-electron chi connectivity index (χ4n) is 6.39. The number of fused-ring (bicyclic) bond motifs is 4. The van der Waals surface area contributed by atoms with Crippen LogP contribution in [-0.2, 0) is 0 Å². The molecule has 0 amide bonds. The van der Waals surface area contributed by atoms with Crippen molar-refractivity contribution in [3.05, 3.63) is 170 Å². The molecule has 9 aromatic rings. The van der Waals surface area contributed by atoms with Crippen molar-refractivity contribution in [3.8, 4) is 56.3 Å². The van der Waals surface area contributed by atoms with E-state index >= 15 is 0 Å². The van der Waals surface area contributed by atoms with E-state index in [-0.39, 0.29) is 0 Å². The standard InChI is InChI=1S/C44H28N4/c1-3-10-29(11-4-1)30-18-20-32(21-19-30)41-37-16-7-8-17-40(37)47-44(48-41)36-15-9-14-35(28-36)39-27-25-34-23-22-33-24-26-38(31-12-5-2-6-13-31)45-42(33)43(34)46-39/h1-28H. The highest BCUT2D eigenvalue weighted by atomic mass is 14.9. The highest BCUT2D eigenvalue weighted by Crippen LogP contribution is 2.33. The Morgan fingerprint density at radius 1 is 0.312 bits per heavy atom. The normalized spacial score (nSPS) is 11.3. The third kappa shape index (κ3) is 5.06. The van der Waals surface area contributed by atoms with Crippen molar-refractivity contribution >= 4 is 32.7 Å². The SMILES string of the molecule is c1ccc(-c2ccc(-c3nc(-c4cccc(-c5ccc6ccc7ccc(-c8ccccc8)nc7c6n5)c4)nc4ccccc34)cc2)cc1. The Labute approximate surface area is 278 Å². The summed E-state index contributed by atoms with van der Waals surface area (Å²) in [4.78, 5) is 20.5. The minimum atomic E-state index is 0.679. The lowest BCUT2D eigenvalue weighted by Gasteiger charge is -2.11. The van der Waals surface area contributed by atoms with E-state index in [1.165, 1.54) is 11.1 Å². The molecule has 0 bridgehead atoms. The van der Waals surface area contributed by atoms with Gasteiger partial charge in [0.25, 0.3) is 0 Å². The molecule has 0 fully saturated rings. The first kappa shape index (κ1) is 27.8. The van der Waals surface area contributed by atoms with Gasteiger partial charge in [0, 0.05) is 38.4 Å². The average molecular weight is 613 g/mol. The molecule has 4 nitrogen and oxygen atoms in total. The molecule has 0 aliphatic carbocycles. The zero-order valence-electron chi connectivity index (χ0n) is 26.0. The molecular weight excluding hydrogens is 585 g/mol. The van der Waals surface area contributed by atoms with Gasteiger partial charge in [0.15, 0.2) is 5.82 Å². The van der Waals surface area contributed by atoms with Gasteiger partial charge in [0.05, 0.1) is 33.6 Å². The van der Waals surface area contributed by atoms with E-state index in [2.05, 4.69) is 133 Å². The molecule has 0 saturated heterocycles. The summed E-state index contributed by atoms with van der Waals surface area (Å²) < 4.78 is 0. The molecule has 0 unspecified atom stereocenters. The first-order valence-electron chi connectivity index (χ1n) is 16.1. The van der Waals surface area contributed by atoms with Crippen LogP contribution < -0.4 is 0 Å². The molecule has 0 aliphatic rings. The Kier molecular flexibility index (Phi) is 6.76. The lowest BCUT2D eigenvalue weighted by molar-refractivity contribution is 1.23. The van der Waals surface area contributed by atoms with Gasteiger partial charge in [-0.3, -0.25) is 0 Å². The summed E-state index contributed by atoms with van der Waals surface area (Å²) in [5, 5.41) is 3.14. The fourth-order valence-corrected chi connectivity index (χ4v) is 6.39. The Morgan fingerprint density at radius 3 is 1.54 bits per heavy atom. The van der Waals surface area contributed by atoms with Gasteiger partial charge >= 0.3 is 0 Å². The van der Waals surface area contributed by atoms with Crippen molar-refractivity contribution in [3.63, 3.8) is 0 Å². The second kappa shape index (κ2) is 11.7. The highest BCUT2D eigenvalue weighted by molar-refractivity contribution is 6.04. The molecule has 3 aromatic heterocycles. The van der Waals surface area contributed by atoms with Crippen LogP contribution >= 0.6 is 0 Å². The molecule has 3 heterocycles. The average Bonchev–Trinajstić information content (AvgIpc) is 3.18. The predicted molar refractivity (Wildman–Crippen MR) is 197 cm³/mol. The summed E-state index contributed by atoms with van der Waals surface area (Å²) >= 11 is 0. The predicted octanol–water partition coefficient (Wildman–Crippen LogP) is 11.1. The molecule has 6 aromatic carbocycles. The molecule has 224 valence electrons. The van der Waals surface area contributed by atoms with Crippen molar-refractivity contribution in [2.24, 2.45) is 0 Å². The Balaban J connectivity index is 1.13. The maximum Gasteiger partial charge on any atom is 0.160 e. The number of benzene rings is 6. The largest absolute Gasteiger partial charge is 0.245 e. The van der Waals surface area contributed by atoms with Crippen LogP contribution in [0.5, 0.6) is 0 Å². The van der Waals surface area contributed by atoms with Gasteiger partial charge in [-0.25, -0.2) is 19.9 Å². The van der Waals surface area contributed by atoms with Crippen LogP contribution in [0.25, 0.3) is 89.0 Å². The number of aromatic nitrogens is 4. The Hall–Kier alpha value is -6.52. The van der Waals surface area contributed by atoms with Gasteiger partial charge in [-0.1, -0.05) is 146 Å². The summed E-state index contributed by atoms with van der Waals surface area (Å²) in [6.07, 6.45) is 0. The highest BCUT2D eigenvalue weighted by Gasteiger charge is 2.14. The number of nitrogens with zero attached hydrogens (tertiary/aromatic N) is 4. The number of pyridine rings is 2. The van der Waals surface area contributed by atoms with Gasteiger partial charge in [0.1, 0.15) is 0 Å². The number of hydrogen-bond acceptors (Lipinski definition) is 4. The van der Waals surface area contributed by atoms with E-state index in [0.29, 0.717) is 5.82 Å². The van der Waals surface area contributed by atoms with Crippen LogP contribution in [0.15, 0.2) is 170 Å². The van der Waals surface area contributed by atoms with Crippen LogP contribution in [0.2, 0.25) is 0 Å². The summed E-state index contributed by atoms with van der Waals surface area (Å²) in [7, 11) is 0. The summed E-state index contributed by atoms with van der Waals surface area (Å²) in [6, 6.07) is 58.5. The van der Waals surface area contributed by atoms with Gasteiger partial charge in [0.2, 0.25) is 0 Å². The molecule has 0 N–H and O–H groups in total. The second-order valence-corrected chi connectivity index (χ2v) is 11.9. The molecule has 9 rings (SSSR count). The van der Waals surface area contributed by atoms with Crippen LogP contribution in [0.3, 0.4) is 0 Å². The van der Waals surface area contributed by atoms with Crippen molar-refractivity contribution in [1.29, 1.82) is 0 Å². The summed E-state index contributed by atoms with van der Waals surface area (Å²) in [5.41, 5.74) is 11.8. The minimum absolute atomic E-state index is 0.679. The van der Waals surface area contributed by atoms with E-state index in [1.54, 1.807) is 0 Å². The van der Waals surface area contributed by atoms with Crippen LogP contribution in [-0.4, -0.2) is 19.9 Å². The quantitative estimate of drug-likeness (QED) is 0.181. The van der Waals surface area contributed by atoms with E-state index < -0.39 is 0 Å². The van der Waals surface area contributed by atoms with E-state index in [4.69, 9.17) is 19.9 Å². The number of hydrogen-bond donors (Lipinski definition) is 0. The Bertz CT molecular complexity index is 2600. The topological polar surface area (TPSA) is 51.6 Å². The monoisotopic (exact) mass is 612 g/mol. The lowest BCUT2D eigenvalue weighted by atomic mass is 10.0. The lowest BCUT2D eigenvalue weighted by Crippen LogP contribution is -1.96. The van der Waals surface area contributed by atoms with Gasteiger partial charge in [-0.05, 0) is 35.4 Å². The fraction of sp³-hybridized carbons (Fsp3) is 0. The smallest absolute Gasteiger partial charge is 0.160 e. The van der Waals surface area contributed by atoms with Gasteiger partial charge < -0.3 is 0 Å². The molecule has 0 aliphatic heterocycles. The first-order valence-corrected chi connectivity index (χ1v) is 16.1. The van der Waals surface area contributed by atoms with Crippen LogP contribution in [0, 0.1) is 0 Å². The molecule has 0 radical (unpaired) electrons. The van der Waals surface area contributed by atoms with Crippen LogP contribution in [0.4, 0.5) is 0 Å².